The highest BCUT2D eigenvalue weighted by atomic mass is 35.5. The first-order valence-electron chi connectivity index (χ1n) is 11.3. The molecule has 0 amide bonds. The van der Waals surface area contributed by atoms with E-state index in [1.165, 1.54) is 12.1 Å². The SMILES string of the molecule is Cc1onc(-c2c(Cl)cccc2Cl)c1CC(C(=O)c1ccc(Cl)cc1Cl)[C@H](Cc1ccccc1)C(=O)O. The van der Waals surface area contributed by atoms with E-state index >= 15 is 0 Å². The van der Waals surface area contributed by atoms with Crippen LogP contribution in [0, 0.1) is 18.8 Å². The number of benzene rings is 3. The number of hydrogen-bond acceptors (Lipinski definition) is 4. The van der Waals surface area contributed by atoms with Crippen LogP contribution >= 0.6 is 46.4 Å². The van der Waals surface area contributed by atoms with Gasteiger partial charge in [0.1, 0.15) is 11.5 Å². The van der Waals surface area contributed by atoms with E-state index in [2.05, 4.69) is 5.16 Å². The van der Waals surface area contributed by atoms with E-state index in [1.54, 1.807) is 31.2 Å². The number of rotatable bonds is 9. The van der Waals surface area contributed by atoms with E-state index in [9.17, 15) is 14.7 Å². The summed E-state index contributed by atoms with van der Waals surface area (Å²) in [5.41, 5.74) is 2.31. The number of nitrogens with zero attached hydrogens (tertiary/aromatic N) is 1. The highest BCUT2D eigenvalue weighted by Gasteiger charge is 2.37. The smallest absolute Gasteiger partial charge is 0.307 e. The molecule has 0 saturated heterocycles. The molecule has 0 aliphatic rings. The Morgan fingerprint density at radius 1 is 0.865 bits per heavy atom. The van der Waals surface area contributed by atoms with Gasteiger partial charge in [-0.2, -0.15) is 0 Å². The van der Waals surface area contributed by atoms with Gasteiger partial charge in [-0.25, -0.2) is 0 Å². The molecule has 1 aromatic heterocycles. The zero-order valence-electron chi connectivity index (χ0n) is 19.6. The average Bonchev–Trinajstić information content (AvgIpc) is 3.21. The van der Waals surface area contributed by atoms with Crippen molar-refractivity contribution in [2.24, 2.45) is 11.8 Å². The number of aryl methyl sites for hydroxylation is 1. The zero-order valence-corrected chi connectivity index (χ0v) is 22.6. The molecule has 190 valence electrons. The van der Waals surface area contributed by atoms with Gasteiger partial charge in [0.2, 0.25) is 0 Å². The van der Waals surface area contributed by atoms with E-state index in [0.29, 0.717) is 37.6 Å². The van der Waals surface area contributed by atoms with Crippen molar-refractivity contribution in [2.75, 3.05) is 0 Å². The molecule has 5 nitrogen and oxygen atoms in total. The minimum absolute atomic E-state index is 0.00775. The van der Waals surface area contributed by atoms with Crippen LogP contribution in [0.3, 0.4) is 0 Å². The van der Waals surface area contributed by atoms with Gasteiger partial charge in [-0.05, 0) is 55.7 Å². The summed E-state index contributed by atoms with van der Waals surface area (Å²) in [4.78, 5) is 26.5. The number of halogens is 4. The van der Waals surface area contributed by atoms with Crippen molar-refractivity contribution in [3.8, 4) is 11.3 Å². The molecule has 3 aromatic carbocycles. The fourth-order valence-electron chi connectivity index (χ4n) is 4.35. The molecule has 0 aliphatic carbocycles. The molecule has 4 aromatic rings. The van der Waals surface area contributed by atoms with Gasteiger partial charge in [0.25, 0.3) is 0 Å². The van der Waals surface area contributed by atoms with Gasteiger partial charge in [0.15, 0.2) is 5.78 Å². The lowest BCUT2D eigenvalue weighted by Crippen LogP contribution is -2.33. The molecule has 9 heteroatoms. The monoisotopic (exact) mass is 575 g/mol. The standard InChI is InChI=1S/C28H21Cl4NO4/c1-15-19(26(33-37-15)25-22(30)8-5-9-23(25)31)14-20(27(34)18-11-10-17(29)13-24(18)32)21(28(35)36)12-16-6-3-2-4-7-16/h2-11,13,20-21H,12,14H2,1H3,(H,35,36)/t20?,21-/m0/s1. The summed E-state index contributed by atoms with van der Waals surface area (Å²) in [5.74, 6) is -3.21. The van der Waals surface area contributed by atoms with Gasteiger partial charge in [-0.15, -0.1) is 0 Å². The first-order chi connectivity index (χ1) is 17.7. The molecule has 0 aliphatic heterocycles. The van der Waals surface area contributed by atoms with Crippen LogP contribution in [0.2, 0.25) is 20.1 Å². The quantitative estimate of drug-likeness (QED) is 0.203. The molecule has 0 fully saturated rings. The Morgan fingerprint density at radius 3 is 2.16 bits per heavy atom. The molecule has 2 atom stereocenters. The fraction of sp³-hybridized carbons (Fsp3) is 0.179. The van der Waals surface area contributed by atoms with Crippen LogP contribution in [-0.4, -0.2) is 22.0 Å². The third-order valence-electron chi connectivity index (χ3n) is 6.24. The minimum atomic E-state index is -1.11. The summed E-state index contributed by atoms with van der Waals surface area (Å²) in [6.45, 7) is 1.69. The predicted molar refractivity (Wildman–Crippen MR) is 146 cm³/mol. The van der Waals surface area contributed by atoms with E-state index in [-0.39, 0.29) is 23.4 Å². The summed E-state index contributed by atoms with van der Waals surface area (Å²) in [6, 6.07) is 18.7. The maximum Gasteiger partial charge on any atom is 0.307 e. The topological polar surface area (TPSA) is 80.4 Å². The van der Waals surface area contributed by atoms with Gasteiger partial charge in [0, 0.05) is 27.6 Å². The first-order valence-corrected chi connectivity index (χ1v) is 12.8. The van der Waals surface area contributed by atoms with E-state index < -0.39 is 23.6 Å². The Kier molecular flexibility index (Phi) is 8.60. The molecular weight excluding hydrogens is 556 g/mol. The molecule has 0 bridgehead atoms. The Hall–Kier alpha value is -2.83. The fourth-order valence-corrected chi connectivity index (χ4v) is 5.43. The normalized spacial score (nSPS) is 12.8. The van der Waals surface area contributed by atoms with Crippen LogP contribution in [0.15, 0.2) is 71.3 Å². The molecule has 0 saturated carbocycles. The third-order valence-corrected chi connectivity index (χ3v) is 7.42. The highest BCUT2D eigenvalue weighted by Crippen LogP contribution is 2.39. The number of carboxylic acid groups (broad SMARTS) is 1. The lowest BCUT2D eigenvalue weighted by molar-refractivity contribution is -0.143. The number of carbonyl (C=O) groups excluding carboxylic acids is 1. The van der Waals surface area contributed by atoms with Gasteiger partial charge in [-0.3, -0.25) is 9.59 Å². The molecule has 1 heterocycles. The Balaban J connectivity index is 1.84. The van der Waals surface area contributed by atoms with E-state index in [4.69, 9.17) is 50.9 Å². The van der Waals surface area contributed by atoms with Crippen molar-refractivity contribution < 1.29 is 19.2 Å². The van der Waals surface area contributed by atoms with E-state index in [1.807, 2.05) is 30.3 Å². The Labute approximate surface area is 233 Å². The van der Waals surface area contributed by atoms with Crippen molar-refractivity contribution in [1.82, 2.24) is 5.16 Å². The lowest BCUT2D eigenvalue weighted by Gasteiger charge is -2.24. The molecule has 4 rings (SSSR count). The van der Waals surface area contributed by atoms with Crippen LogP contribution < -0.4 is 0 Å². The van der Waals surface area contributed by atoms with Gasteiger partial charge in [-0.1, -0.05) is 88.0 Å². The summed E-state index contributed by atoms with van der Waals surface area (Å²) in [7, 11) is 0. The number of Topliss-reactive ketones (excluding diaryl/α,β-unsaturated/α-hetero) is 1. The van der Waals surface area contributed by atoms with Crippen molar-refractivity contribution in [1.29, 1.82) is 0 Å². The number of ketones is 1. The molecule has 1 unspecified atom stereocenters. The minimum Gasteiger partial charge on any atom is -0.481 e. The number of carbonyl (C=O) groups is 2. The summed E-state index contributed by atoms with van der Waals surface area (Å²) in [5, 5.41) is 15.7. The number of aliphatic carboxylic acids is 1. The van der Waals surface area contributed by atoms with Crippen molar-refractivity contribution >= 4 is 58.2 Å². The molecular formula is C28H21Cl4NO4. The Morgan fingerprint density at radius 2 is 1.54 bits per heavy atom. The zero-order chi connectivity index (χ0) is 26.7. The van der Waals surface area contributed by atoms with E-state index in [0.717, 1.165) is 5.56 Å². The average molecular weight is 577 g/mol. The molecule has 0 spiro atoms. The number of aromatic nitrogens is 1. The van der Waals surface area contributed by atoms with Gasteiger partial charge >= 0.3 is 5.97 Å². The van der Waals surface area contributed by atoms with Gasteiger partial charge < -0.3 is 9.63 Å². The summed E-state index contributed by atoms with van der Waals surface area (Å²) in [6.07, 6.45) is 0.137. The molecule has 37 heavy (non-hydrogen) atoms. The van der Waals surface area contributed by atoms with Crippen molar-refractivity contribution in [3.05, 3.63) is 109 Å². The third kappa shape index (κ3) is 6.02. The highest BCUT2D eigenvalue weighted by molar-refractivity contribution is 6.39. The van der Waals surface area contributed by atoms with Crippen LogP contribution in [0.4, 0.5) is 0 Å². The van der Waals surface area contributed by atoms with Crippen molar-refractivity contribution in [3.63, 3.8) is 0 Å². The largest absolute Gasteiger partial charge is 0.481 e. The van der Waals surface area contributed by atoms with Crippen LogP contribution in [0.1, 0.15) is 27.2 Å². The van der Waals surface area contributed by atoms with Gasteiger partial charge in [0.05, 0.1) is 21.0 Å². The summed E-state index contributed by atoms with van der Waals surface area (Å²) >= 11 is 25.3. The second-order valence-electron chi connectivity index (χ2n) is 8.60. The second kappa shape index (κ2) is 11.7. The van der Waals surface area contributed by atoms with Crippen LogP contribution in [0.25, 0.3) is 11.3 Å². The van der Waals surface area contributed by atoms with Crippen molar-refractivity contribution in [2.45, 2.75) is 19.8 Å². The predicted octanol–water partition coefficient (Wildman–Crippen LogP) is 8.25. The number of carboxylic acids is 1. The molecule has 0 radical (unpaired) electrons. The maximum absolute atomic E-state index is 13.9. The van der Waals surface area contributed by atoms with Crippen LogP contribution in [0.5, 0.6) is 0 Å². The second-order valence-corrected chi connectivity index (χ2v) is 10.3. The first kappa shape index (κ1) is 27.2. The lowest BCUT2D eigenvalue weighted by atomic mass is 9.77. The maximum atomic E-state index is 13.9. The molecule has 1 N–H and O–H groups in total. The Bertz CT molecular complexity index is 1430. The summed E-state index contributed by atoms with van der Waals surface area (Å²) < 4.78 is 5.47. The van der Waals surface area contributed by atoms with Crippen LogP contribution in [-0.2, 0) is 17.6 Å². The number of hydrogen-bond donors (Lipinski definition) is 1.